The van der Waals surface area contributed by atoms with Gasteiger partial charge in [-0.25, -0.2) is 4.98 Å². The van der Waals surface area contributed by atoms with E-state index in [9.17, 15) is 4.79 Å². The van der Waals surface area contributed by atoms with Crippen LogP contribution in [0.5, 0.6) is 5.75 Å². The summed E-state index contributed by atoms with van der Waals surface area (Å²) in [4.78, 5) is 17.5. The van der Waals surface area contributed by atoms with Crippen LogP contribution < -0.4 is 10.3 Å². The van der Waals surface area contributed by atoms with Crippen molar-refractivity contribution >= 4 is 11.8 Å². The quantitative estimate of drug-likeness (QED) is 0.489. The first kappa shape index (κ1) is 18.3. The van der Waals surface area contributed by atoms with Gasteiger partial charge in [-0.1, -0.05) is 54.2 Å². The molecule has 134 valence electrons. The van der Waals surface area contributed by atoms with Crippen LogP contribution in [0.4, 0.5) is 0 Å². The van der Waals surface area contributed by atoms with Gasteiger partial charge >= 0.3 is 0 Å². The molecule has 3 aromatic rings. The Morgan fingerprint density at radius 1 is 1.04 bits per heavy atom. The second kappa shape index (κ2) is 8.23. The van der Waals surface area contributed by atoms with Crippen molar-refractivity contribution in [2.45, 2.75) is 24.3 Å². The van der Waals surface area contributed by atoms with Crippen LogP contribution in [0.25, 0.3) is 0 Å². The molecule has 0 atom stereocenters. The lowest BCUT2D eigenvalue weighted by molar-refractivity contribution is 0.414. The van der Waals surface area contributed by atoms with E-state index in [0.717, 1.165) is 33.5 Å². The summed E-state index contributed by atoms with van der Waals surface area (Å²) >= 11 is 1.58. The SMILES string of the molecule is COc1ccc(Cc2c(C)nc(SCc3ccccc3)n(C)c2=O)cc1. The Hall–Kier alpha value is -2.53. The van der Waals surface area contributed by atoms with Gasteiger partial charge in [-0.05, 0) is 30.2 Å². The van der Waals surface area contributed by atoms with Crippen molar-refractivity contribution < 1.29 is 4.74 Å². The maximum atomic E-state index is 12.8. The molecule has 0 saturated carbocycles. The Balaban J connectivity index is 1.81. The minimum Gasteiger partial charge on any atom is -0.497 e. The summed E-state index contributed by atoms with van der Waals surface area (Å²) in [6.45, 7) is 1.91. The summed E-state index contributed by atoms with van der Waals surface area (Å²) < 4.78 is 6.84. The van der Waals surface area contributed by atoms with Crippen molar-refractivity contribution in [1.29, 1.82) is 0 Å². The molecule has 26 heavy (non-hydrogen) atoms. The maximum Gasteiger partial charge on any atom is 0.257 e. The van der Waals surface area contributed by atoms with Gasteiger partial charge in [0, 0.05) is 30.5 Å². The van der Waals surface area contributed by atoms with E-state index in [-0.39, 0.29) is 5.56 Å². The van der Waals surface area contributed by atoms with E-state index in [1.165, 1.54) is 5.56 Å². The Morgan fingerprint density at radius 3 is 2.38 bits per heavy atom. The average molecular weight is 366 g/mol. The predicted octanol–water partition coefficient (Wildman–Crippen LogP) is 3.98. The van der Waals surface area contributed by atoms with E-state index in [4.69, 9.17) is 4.74 Å². The van der Waals surface area contributed by atoms with E-state index in [2.05, 4.69) is 17.1 Å². The molecule has 0 amide bonds. The van der Waals surface area contributed by atoms with Gasteiger partial charge < -0.3 is 4.74 Å². The molecular formula is C21H22N2O2S. The van der Waals surface area contributed by atoms with Crippen molar-refractivity contribution in [3.63, 3.8) is 0 Å². The lowest BCUT2D eigenvalue weighted by atomic mass is 10.1. The number of methoxy groups -OCH3 is 1. The Labute approximate surface area is 157 Å². The zero-order valence-electron chi connectivity index (χ0n) is 15.2. The van der Waals surface area contributed by atoms with Gasteiger partial charge in [0.1, 0.15) is 5.75 Å². The lowest BCUT2D eigenvalue weighted by Gasteiger charge is -2.12. The molecule has 4 nitrogen and oxygen atoms in total. The molecular weight excluding hydrogens is 344 g/mol. The minimum absolute atomic E-state index is 0.0175. The summed E-state index contributed by atoms with van der Waals surface area (Å²) in [6.07, 6.45) is 0.569. The van der Waals surface area contributed by atoms with Gasteiger partial charge in [0.05, 0.1) is 7.11 Å². The number of benzene rings is 2. The molecule has 0 aliphatic heterocycles. The topological polar surface area (TPSA) is 44.1 Å². The maximum absolute atomic E-state index is 12.8. The summed E-state index contributed by atoms with van der Waals surface area (Å²) in [5.41, 5.74) is 3.83. The highest BCUT2D eigenvalue weighted by atomic mass is 32.2. The van der Waals surface area contributed by atoms with Crippen LogP contribution in [-0.2, 0) is 19.2 Å². The third-order valence-electron chi connectivity index (χ3n) is 4.30. The van der Waals surface area contributed by atoms with E-state index >= 15 is 0 Å². The molecule has 3 rings (SSSR count). The Morgan fingerprint density at radius 2 is 1.73 bits per heavy atom. The minimum atomic E-state index is 0.0175. The lowest BCUT2D eigenvalue weighted by Crippen LogP contribution is -2.25. The highest BCUT2D eigenvalue weighted by molar-refractivity contribution is 7.98. The van der Waals surface area contributed by atoms with Gasteiger partial charge in [0.2, 0.25) is 0 Å². The molecule has 0 radical (unpaired) electrons. The molecule has 0 aliphatic carbocycles. The molecule has 1 heterocycles. The number of aryl methyl sites for hydroxylation is 1. The highest BCUT2D eigenvalue weighted by Gasteiger charge is 2.13. The normalized spacial score (nSPS) is 10.7. The van der Waals surface area contributed by atoms with E-state index in [1.807, 2.05) is 49.4 Å². The van der Waals surface area contributed by atoms with Crippen LogP contribution in [0, 0.1) is 6.92 Å². The highest BCUT2D eigenvalue weighted by Crippen LogP contribution is 2.21. The van der Waals surface area contributed by atoms with Crippen LogP contribution in [0.2, 0.25) is 0 Å². The second-order valence-electron chi connectivity index (χ2n) is 6.12. The monoisotopic (exact) mass is 366 g/mol. The average Bonchev–Trinajstić information content (AvgIpc) is 2.68. The van der Waals surface area contributed by atoms with Crippen molar-refractivity contribution in [1.82, 2.24) is 9.55 Å². The molecule has 0 spiro atoms. The Bertz CT molecular complexity index is 935. The molecule has 2 aromatic carbocycles. The smallest absolute Gasteiger partial charge is 0.257 e. The van der Waals surface area contributed by atoms with Gasteiger partial charge in [-0.2, -0.15) is 0 Å². The van der Waals surface area contributed by atoms with E-state index in [1.54, 1.807) is 30.5 Å². The van der Waals surface area contributed by atoms with Crippen LogP contribution in [0.3, 0.4) is 0 Å². The largest absolute Gasteiger partial charge is 0.497 e. The van der Waals surface area contributed by atoms with Crippen LogP contribution in [0.15, 0.2) is 64.5 Å². The second-order valence-corrected chi connectivity index (χ2v) is 7.06. The van der Waals surface area contributed by atoms with Crippen molar-refractivity contribution in [2.75, 3.05) is 7.11 Å². The van der Waals surface area contributed by atoms with Crippen LogP contribution in [-0.4, -0.2) is 16.7 Å². The molecule has 0 bridgehead atoms. The zero-order valence-corrected chi connectivity index (χ0v) is 16.0. The molecule has 0 N–H and O–H groups in total. The number of nitrogens with zero attached hydrogens (tertiary/aromatic N) is 2. The number of rotatable bonds is 6. The third kappa shape index (κ3) is 4.17. The fourth-order valence-corrected chi connectivity index (χ4v) is 3.70. The molecule has 0 saturated heterocycles. The molecule has 1 aromatic heterocycles. The van der Waals surface area contributed by atoms with Gasteiger partial charge in [0.25, 0.3) is 5.56 Å². The first-order chi connectivity index (χ1) is 12.6. The van der Waals surface area contributed by atoms with Gasteiger partial charge in [-0.15, -0.1) is 0 Å². The van der Waals surface area contributed by atoms with Crippen molar-refractivity contribution in [2.24, 2.45) is 7.05 Å². The zero-order chi connectivity index (χ0) is 18.5. The predicted molar refractivity (Wildman–Crippen MR) is 106 cm³/mol. The van der Waals surface area contributed by atoms with E-state index in [0.29, 0.717) is 6.42 Å². The van der Waals surface area contributed by atoms with Crippen molar-refractivity contribution in [3.05, 3.63) is 87.3 Å². The number of thioether (sulfide) groups is 1. The number of hydrogen-bond donors (Lipinski definition) is 0. The van der Waals surface area contributed by atoms with E-state index < -0.39 is 0 Å². The summed E-state index contributed by atoms with van der Waals surface area (Å²) in [7, 11) is 3.43. The fraction of sp³-hybridized carbons (Fsp3) is 0.238. The van der Waals surface area contributed by atoms with Crippen molar-refractivity contribution in [3.8, 4) is 5.75 Å². The first-order valence-corrected chi connectivity index (χ1v) is 9.43. The summed E-state index contributed by atoms with van der Waals surface area (Å²) in [5.74, 6) is 1.60. The number of aromatic nitrogens is 2. The fourth-order valence-electron chi connectivity index (χ4n) is 2.73. The molecule has 5 heteroatoms. The number of ether oxygens (including phenoxy) is 1. The number of hydrogen-bond acceptors (Lipinski definition) is 4. The first-order valence-electron chi connectivity index (χ1n) is 8.44. The third-order valence-corrected chi connectivity index (χ3v) is 5.40. The standard InChI is InChI=1S/C21H22N2O2S/c1-15-19(13-16-9-11-18(25-3)12-10-16)20(24)23(2)21(22-15)26-14-17-7-5-4-6-8-17/h4-12H,13-14H2,1-3H3. The molecule has 0 unspecified atom stereocenters. The van der Waals surface area contributed by atoms with Crippen LogP contribution >= 0.6 is 11.8 Å². The Kier molecular flexibility index (Phi) is 5.78. The van der Waals surface area contributed by atoms with Crippen LogP contribution in [0.1, 0.15) is 22.4 Å². The summed E-state index contributed by atoms with van der Waals surface area (Å²) in [6, 6.07) is 18.0. The molecule has 0 aliphatic rings. The summed E-state index contributed by atoms with van der Waals surface area (Å²) in [5, 5.41) is 0.745. The van der Waals surface area contributed by atoms with Gasteiger partial charge in [0.15, 0.2) is 5.16 Å². The van der Waals surface area contributed by atoms with Gasteiger partial charge in [-0.3, -0.25) is 9.36 Å². The molecule has 0 fully saturated rings.